The number of H-pyrrole nitrogens is 1. The zero-order valence-corrected chi connectivity index (χ0v) is 8.32. The largest absolute Gasteiger partial charge is 0.416 e. The standard InChI is InChI=1S/C10H6F3N3O/c11-10(12,13)7-3-1-6(2-4-7)8-5-14-9(17)16-15-8/h1-5H,(H,14,16,17). The highest BCUT2D eigenvalue weighted by Crippen LogP contribution is 2.30. The Morgan fingerprint density at radius 2 is 1.76 bits per heavy atom. The monoisotopic (exact) mass is 241 g/mol. The molecule has 0 spiro atoms. The topological polar surface area (TPSA) is 58.6 Å². The molecule has 17 heavy (non-hydrogen) atoms. The fraction of sp³-hybridized carbons (Fsp3) is 0.100. The van der Waals surface area contributed by atoms with Gasteiger partial charge in [0.05, 0.1) is 11.8 Å². The molecule has 88 valence electrons. The van der Waals surface area contributed by atoms with Crippen molar-refractivity contribution in [2.75, 3.05) is 0 Å². The number of nitrogens with one attached hydrogen (secondary N) is 1. The summed E-state index contributed by atoms with van der Waals surface area (Å²) in [6, 6.07) is 4.43. The van der Waals surface area contributed by atoms with Crippen LogP contribution in [0.25, 0.3) is 11.3 Å². The highest BCUT2D eigenvalue weighted by atomic mass is 19.4. The number of rotatable bonds is 1. The molecule has 2 aromatic rings. The van der Waals surface area contributed by atoms with Gasteiger partial charge in [-0.05, 0) is 12.1 Å². The van der Waals surface area contributed by atoms with Gasteiger partial charge in [0.2, 0.25) is 0 Å². The molecular formula is C10H6F3N3O. The Kier molecular flexibility index (Phi) is 2.66. The first-order valence-corrected chi connectivity index (χ1v) is 4.56. The SMILES string of the molecule is O=c1ncc(-c2ccc(C(F)(F)F)cc2)n[nH]1. The third-order valence-corrected chi connectivity index (χ3v) is 2.08. The van der Waals surface area contributed by atoms with Gasteiger partial charge in [0.1, 0.15) is 5.69 Å². The molecule has 0 atom stereocenters. The lowest BCUT2D eigenvalue weighted by Gasteiger charge is -2.06. The van der Waals surface area contributed by atoms with E-state index in [1.165, 1.54) is 18.3 Å². The lowest BCUT2D eigenvalue weighted by molar-refractivity contribution is -0.137. The van der Waals surface area contributed by atoms with E-state index in [4.69, 9.17) is 0 Å². The summed E-state index contributed by atoms with van der Waals surface area (Å²) in [5.74, 6) is 0. The van der Waals surface area contributed by atoms with Gasteiger partial charge in [-0.25, -0.2) is 9.89 Å². The predicted molar refractivity (Wildman–Crippen MR) is 53.1 cm³/mol. The van der Waals surface area contributed by atoms with E-state index < -0.39 is 17.4 Å². The van der Waals surface area contributed by atoms with Gasteiger partial charge in [-0.15, -0.1) is 0 Å². The van der Waals surface area contributed by atoms with Crippen LogP contribution < -0.4 is 5.69 Å². The van der Waals surface area contributed by atoms with Crippen LogP contribution in [0, 0.1) is 0 Å². The Balaban J connectivity index is 2.36. The van der Waals surface area contributed by atoms with E-state index in [-0.39, 0.29) is 0 Å². The number of nitrogens with zero attached hydrogens (tertiary/aromatic N) is 2. The van der Waals surface area contributed by atoms with E-state index >= 15 is 0 Å². The minimum absolute atomic E-state index is 0.304. The Hall–Kier alpha value is -2.18. The number of benzene rings is 1. The van der Waals surface area contributed by atoms with Crippen LogP contribution in [0.2, 0.25) is 0 Å². The molecule has 0 aliphatic carbocycles. The van der Waals surface area contributed by atoms with Gasteiger partial charge in [-0.1, -0.05) is 12.1 Å². The zero-order chi connectivity index (χ0) is 12.5. The Morgan fingerprint density at radius 1 is 1.12 bits per heavy atom. The highest BCUT2D eigenvalue weighted by Gasteiger charge is 2.29. The quantitative estimate of drug-likeness (QED) is 0.828. The summed E-state index contributed by atoms with van der Waals surface area (Å²) >= 11 is 0. The molecule has 1 aromatic heterocycles. The van der Waals surface area contributed by atoms with Crippen molar-refractivity contribution in [3.8, 4) is 11.3 Å². The van der Waals surface area contributed by atoms with Crippen LogP contribution in [0.3, 0.4) is 0 Å². The summed E-state index contributed by atoms with van der Waals surface area (Å²) in [7, 11) is 0. The van der Waals surface area contributed by atoms with Crippen LogP contribution in [-0.4, -0.2) is 15.2 Å². The molecular weight excluding hydrogens is 235 g/mol. The first-order chi connectivity index (χ1) is 7.97. The summed E-state index contributed by atoms with van der Waals surface area (Å²) < 4.78 is 36.9. The summed E-state index contributed by atoms with van der Waals surface area (Å²) in [5.41, 5.74) is -0.598. The lowest BCUT2D eigenvalue weighted by atomic mass is 10.1. The van der Waals surface area contributed by atoms with Crippen LogP contribution in [0.1, 0.15) is 5.56 Å². The second-order valence-electron chi connectivity index (χ2n) is 3.25. The minimum atomic E-state index is -4.37. The van der Waals surface area contributed by atoms with Gasteiger partial charge in [0, 0.05) is 5.56 Å². The molecule has 0 bridgehead atoms. The first kappa shape index (κ1) is 11.3. The Bertz CT molecular complexity index is 554. The Morgan fingerprint density at radius 3 is 2.24 bits per heavy atom. The third-order valence-electron chi connectivity index (χ3n) is 2.08. The van der Waals surface area contributed by atoms with Gasteiger partial charge < -0.3 is 0 Å². The van der Waals surface area contributed by atoms with Gasteiger partial charge >= 0.3 is 11.9 Å². The van der Waals surface area contributed by atoms with Crippen LogP contribution in [0.5, 0.6) is 0 Å². The third kappa shape index (κ3) is 2.49. The second-order valence-corrected chi connectivity index (χ2v) is 3.25. The zero-order valence-electron chi connectivity index (χ0n) is 8.32. The van der Waals surface area contributed by atoms with E-state index in [1.807, 2.05) is 0 Å². The van der Waals surface area contributed by atoms with Gasteiger partial charge in [-0.2, -0.15) is 23.3 Å². The Labute approximate surface area is 93.1 Å². The van der Waals surface area contributed by atoms with Crippen LogP contribution in [0.4, 0.5) is 13.2 Å². The number of halogens is 3. The van der Waals surface area contributed by atoms with E-state index in [0.29, 0.717) is 11.3 Å². The maximum Gasteiger partial charge on any atom is 0.416 e. The molecule has 0 saturated carbocycles. The summed E-state index contributed by atoms with van der Waals surface area (Å²) in [6.07, 6.45) is -3.17. The van der Waals surface area contributed by atoms with Crippen molar-refractivity contribution in [3.63, 3.8) is 0 Å². The molecule has 4 nitrogen and oxygen atoms in total. The van der Waals surface area contributed by atoms with E-state index in [9.17, 15) is 18.0 Å². The smallest absolute Gasteiger partial charge is 0.244 e. The number of aromatic nitrogens is 3. The average molecular weight is 241 g/mol. The molecule has 0 radical (unpaired) electrons. The number of aromatic amines is 1. The van der Waals surface area contributed by atoms with Crippen molar-refractivity contribution < 1.29 is 13.2 Å². The van der Waals surface area contributed by atoms with Crippen molar-refractivity contribution >= 4 is 0 Å². The molecule has 0 unspecified atom stereocenters. The van der Waals surface area contributed by atoms with Crippen molar-refractivity contribution in [2.45, 2.75) is 6.18 Å². The predicted octanol–water partition coefficient (Wildman–Crippen LogP) is 1.85. The summed E-state index contributed by atoms with van der Waals surface area (Å²) in [6.45, 7) is 0. The van der Waals surface area contributed by atoms with E-state index in [2.05, 4.69) is 15.2 Å². The van der Waals surface area contributed by atoms with Gasteiger partial charge in [-0.3, -0.25) is 0 Å². The summed E-state index contributed by atoms with van der Waals surface area (Å²) in [4.78, 5) is 14.1. The maximum atomic E-state index is 12.3. The molecule has 1 heterocycles. The van der Waals surface area contributed by atoms with Crippen LogP contribution in [-0.2, 0) is 6.18 Å². The molecule has 0 saturated heterocycles. The second kappa shape index (κ2) is 4.00. The molecule has 1 N–H and O–H groups in total. The van der Waals surface area contributed by atoms with Crippen LogP contribution >= 0.6 is 0 Å². The number of alkyl halides is 3. The summed E-state index contributed by atoms with van der Waals surface area (Å²) in [5, 5.41) is 5.76. The van der Waals surface area contributed by atoms with Crippen LogP contribution in [0.15, 0.2) is 35.3 Å². The molecule has 1 aromatic carbocycles. The highest BCUT2D eigenvalue weighted by molar-refractivity contribution is 5.57. The van der Waals surface area contributed by atoms with Crippen molar-refractivity contribution in [1.82, 2.24) is 15.2 Å². The molecule has 0 amide bonds. The van der Waals surface area contributed by atoms with Gasteiger partial charge in [0.15, 0.2) is 0 Å². The normalized spacial score (nSPS) is 11.5. The van der Waals surface area contributed by atoms with E-state index in [0.717, 1.165) is 12.1 Å². The maximum absolute atomic E-state index is 12.3. The molecule has 0 fully saturated rings. The molecule has 0 aliphatic heterocycles. The first-order valence-electron chi connectivity index (χ1n) is 4.56. The average Bonchev–Trinajstić information content (AvgIpc) is 2.29. The van der Waals surface area contributed by atoms with Crippen molar-refractivity contribution in [2.24, 2.45) is 0 Å². The van der Waals surface area contributed by atoms with E-state index in [1.54, 1.807) is 0 Å². The molecule has 2 rings (SSSR count). The molecule has 7 heteroatoms. The fourth-order valence-electron chi connectivity index (χ4n) is 1.25. The van der Waals surface area contributed by atoms with Crippen molar-refractivity contribution in [1.29, 1.82) is 0 Å². The van der Waals surface area contributed by atoms with Crippen molar-refractivity contribution in [3.05, 3.63) is 46.5 Å². The lowest BCUT2D eigenvalue weighted by Crippen LogP contribution is -2.11. The fourth-order valence-corrected chi connectivity index (χ4v) is 1.25. The molecule has 0 aliphatic rings. The number of hydrogen-bond acceptors (Lipinski definition) is 3. The minimum Gasteiger partial charge on any atom is -0.244 e. The number of hydrogen-bond donors (Lipinski definition) is 1. The van der Waals surface area contributed by atoms with Gasteiger partial charge in [0.25, 0.3) is 0 Å².